The molecule has 0 aliphatic heterocycles. The van der Waals surface area contributed by atoms with Crippen molar-refractivity contribution >= 4 is 22.5 Å². The van der Waals surface area contributed by atoms with Gasteiger partial charge in [-0.25, -0.2) is 0 Å². The smallest absolute Gasteiger partial charge is 0.138 e. The van der Waals surface area contributed by atoms with Crippen LogP contribution < -0.4 is 9.47 Å². The number of fused-ring (bicyclic) bond motifs is 1. The molecule has 5 aromatic rings. The van der Waals surface area contributed by atoms with Crippen LogP contribution in [0.3, 0.4) is 0 Å². The monoisotopic (exact) mass is 452 g/mol. The lowest BCUT2D eigenvalue weighted by molar-refractivity contribution is 0.304. The third-order valence-corrected chi connectivity index (χ3v) is 6.61. The maximum Gasteiger partial charge on any atom is 0.138 e. The zero-order valence-corrected chi connectivity index (χ0v) is 19.2. The lowest BCUT2D eigenvalue weighted by Crippen LogP contribution is -1.98. The van der Waals surface area contributed by atoms with E-state index in [1.54, 1.807) is 18.9 Å². The molecule has 0 spiro atoms. The molecule has 0 aliphatic carbocycles. The fourth-order valence-electron chi connectivity index (χ4n) is 3.77. The highest BCUT2D eigenvalue weighted by molar-refractivity contribution is 7.98. The molecular weight excluding hydrogens is 428 g/mol. The van der Waals surface area contributed by atoms with E-state index in [9.17, 15) is 0 Å². The van der Waals surface area contributed by atoms with E-state index < -0.39 is 0 Å². The second-order valence-corrected chi connectivity index (χ2v) is 8.75. The fourth-order valence-corrected chi connectivity index (χ4v) is 4.75. The number of ether oxygens (including phenoxy) is 2. The number of hydrogen-bond acceptors (Lipinski definition) is 4. The van der Waals surface area contributed by atoms with Crippen LogP contribution in [0.15, 0.2) is 113 Å². The molecule has 3 nitrogen and oxygen atoms in total. The Kier molecular flexibility index (Phi) is 6.36. The van der Waals surface area contributed by atoms with E-state index in [-0.39, 0.29) is 0 Å². The van der Waals surface area contributed by atoms with E-state index >= 15 is 0 Å². The fraction of sp³-hybridized carbons (Fsp3) is 0.103. The maximum atomic E-state index is 6.19. The summed E-state index contributed by atoms with van der Waals surface area (Å²) in [6, 6.07) is 32.9. The molecule has 1 heterocycles. The minimum absolute atomic E-state index is 0.447. The molecule has 0 atom stereocenters. The Morgan fingerprint density at radius 1 is 0.758 bits per heavy atom. The largest absolute Gasteiger partial charge is 0.497 e. The predicted molar refractivity (Wildman–Crippen MR) is 135 cm³/mol. The van der Waals surface area contributed by atoms with Gasteiger partial charge in [-0.05, 0) is 59.3 Å². The van der Waals surface area contributed by atoms with Gasteiger partial charge in [-0.2, -0.15) is 0 Å². The Labute approximate surface area is 198 Å². The summed E-state index contributed by atoms with van der Waals surface area (Å²) in [5, 5.41) is 2.37. The first-order valence-corrected chi connectivity index (χ1v) is 11.8. The molecule has 0 N–H and O–H groups in total. The van der Waals surface area contributed by atoms with Crippen LogP contribution in [0, 0.1) is 0 Å². The molecule has 0 amide bonds. The zero-order chi connectivity index (χ0) is 22.5. The Morgan fingerprint density at radius 2 is 1.48 bits per heavy atom. The second kappa shape index (κ2) is 9.88. The molecule has 33 heavy (non-hydrogen) atoms. The van der Waals surface area contributed by atoms with E-state index in [1.165, 1.54) is 15.7 Å². The van der Waals surface area contributed by atoms with Gasteiger partial charge in [0.2, 0.25) is 0 Å². The number of methoxy groups -OCH3 is 1. The van der Waals surface area contributed by atoms with Gasteiger partial charge in [0, 0.05) is 27.3 Å². The van der Waals surface area contributed by atoms with Crippen molar-refractivity contribution in [2.45, 2.75) is 17.3 Å². The van der Waals surface area contributed by atoms with Crippen molar-refractivity contribution in [3.05, 3.63) is 114 Å². The van der Waals surface area contributed by atoms with Gasteiger partial charge in [-0.1, -0.05) is 48.5 Å². The Bertz CT molecular complexity index is 1340. The van der Waals surface area contributed by atoms with Gasteiger partial charge in [0.25, 0.3) is 0 Å². The van der Waals surface area contributed by atoms with Gasteiger partial charge in [-0.15, -0.1) is 11.8 Å². The zero-order valence-electron chi connectivity index (χ0n) is 18.4. The normalized spacial score (nSPS) is 10.9. The number of hydrogen-bond donors (Lipinski definition) is 0. The Balaban J connectivity index is 1.41. The first-order valence-electron chi connectivity index (χ1n) is 10.8. The standard InChI is InChI=1S/C29H24O3S/c1-30-25-14-12-22(13-15-25)29-28(20-33-27-9-3-2-4-10-27)24(19-32-29)18-31-26-16-11-21-7-5-6-8-23(21)17-26/h2-17,19H,18,20H2,1H3. The highest BCUT2D eigenvalue weighted by atomic mass is 32.2. The van der Waals surface area contributed by atoms with Gasteiger partial charge in [-0.3, -0.25) is 0 Å². The summed E-state index contributed by atoms with van der Waals surface area (Å²) in [5.74, 6) is 3.34. The van der Waals surface area contributed by atoms with E-state index in [0.29, 0.717) is 6.61 Å². The topological polar surface area (TPSA) is 31.6 Å². The molecule has 0 bridgehead atoms. The van der Waals surface area contributed by atoms with Crippen molar-refractivity contribution in [2.75, 3.05) is 7.11 Å². The van der Waals surface area contributed by atoms with E-state index in [2.05, 4.69) is 48.5 Å². The van der Waals surface area contributed by atoms with Crippen molar-refractivity contribution in [3.8, 4) is 22.8 Å². The van der Waals surface area contributed by atoms with Crippen molar-refractivity contribution < 1.29 is 13.9 Å². The van der Waals surface area contributed by atoms with Crippen molar-refractivity contribution in [3.63, 3.8) is 0 Å². The molecule has 0 fully saturated rings. The first-order chi connectivity index (χ1) is 16.3. The van der Waals surface area contributed by atoms with Gasteiger partial charge in [0.1, 0.15) is 23.9 Å². The quantitative estimate of drug-likeness (QED) is 0.223. The maximum absolute atomic E-state index is 6.19. The average Bonchev–Trinajstić information content (AvgIpc) is 3.29. The summed E-state index contributed by atoms with van der Waals surface area (Å²) in [5.41, 5.74) is 3.23. The van der Waals surface area contributed by atoms with Gasteiger partial charge >= 0.3 is 0 Å². The summed E-state index contributed by atoms with van der Waals surface area (Å²) < 4.78 is 17.6. The molecule has 0 radical (unpaired) electrons. The van der Waals surface area contributed by atoms with Gasteiger partial charge in [0.15, 0.2) is 0 Å². The van der Waals surface area contributed by atoms with Crippen LogP contribution in [0.25, 0.3) is 22.1 Å². The van der Waals surface area contributed by atoms with Crippen LogP contribution in [0.4, 0.5) is 0 Å². The molecule has 4 heteroatoms. The van der Waals surface area contributed by atoms with Gasteiger partial charge in [0.05, 0.1) is 13.4 Å². The second-order valence-electron chi connectivity index (χ2n) is 7.70. The molecule has 0 aliphatic rings. The van der Waals surface area contributed by atoms with Gasteiger partial charge < -0.3 is 13.9 Å². The highest BCUT2D eigenvalue weighted by Gasteiger charge is 2.17. The van der Waals surface area contributed by atoms with Crippen molar-refractivity contribution in [1.29, 1.82) is 0 Å². The van der Waals surface area contributed by atoms with Crippen LogP contribution in [-0.2, 0) is 12.4 Å². The molecular formula is C29H24O3S. The van der Waals surface area contributed by atoms with E-state index in [1.807, 2.05) is 54.8 Å². The molecule has 1 aromatic heterocycles. The highest BCUT2D eigenvalue weighted by Crippen LogP contribution is 2.35. The molecule has 164 valence electrons. The first kappa shape index (κ1) is 21.2. The average molecular weight is 453 g/mol. The van der Waals surface area contributed by atoms with Crippen LogP contribution >= 0.6 is 11.8 Å². The summed E-state index contributed by atoms with van der Waals surface area (Å²) in [6.07, 6.45) is 1.82. The third-order valence-electron chi connectivity index (χ3n) is 5.57. The summed E-state index contributed by atoms with van der Waals surface area (Å²) in [4.78, 5) is 1.22. The summed E-state index contributed by atoms with van der Waals surface area (Å²) in [7, 11) is 1.67. The van der Waals surface area contributed by atoms with E-state index in [4.69, 9.17) is 13.9 Å². The predicted octanol–water partition coefficient (Wildman–Crippen LogP) is 7.98. The third kappa shape index (κ3) is 4.91. The molecule has 0 saturated heterocycles. The molecule has 0 saturated carbocycles. The van der Waals surface area contributed by atoms with Crippen LogP contribution in [0.2, 0.25) is 0 Å². The summed E-state index contributed by atoms with van der Waals surface area (Å²) >= 11 is 1.79. The number of furan rings is 1. The molecule has 0 unspecified atom stereocenters. The summed E-state index contributed by atoms with van der Waals surface area (Å²) in [6.45, 7) is 0.447. The SMILES string of the molecule is COc1ccc(-c2occ(COc3ccc4ccccc4c3)c2CSc2ccccc2)cc1. The lowest BCUT2D eigenvalue weighted by atomic mass is 10.1. The van der Waals surface area contributed by atoms with E-state index in [0.717, 1.165) is 39.7 Å². The minimum Gasteiger partial charge on any atom is -0.497 e. The van der Waals surface area contributed by atoms with Crippen molar-refractivity contribution in [1.82, 2.24) is 0 Å². The number of rotatable bonds is 8. The Morgan fingerprint density at radius 3 is 2.27 bits per heavy atom. The van der Waals surface area contributed by atoms with Crippen LogP contribution in [0.5, 0.6) is 11.5 Å². The molecule has 5 rings (SSSR count). The molecule has 4 aromatic carbocycles. The van der Waals surface area contributed by atoms with Crippen molar-refractivity contribution in [2.24, 2.45) is 0 Å². The lowest BCUT2D eigenvalue weighted by Gasteiger charge is -2.10. The van der Waals surface area contributed by atoms with Crippen LogP contribution in [-0.4, -0.2) is 7.11 Å². The number of benzene rings is 4. The van der Waals surface area contributed by atoms with Crippen LogP contribution in [0.1, 0.15) is 11.1 Å². The Hall–Kier alpha value is -3.63. The number of thioether (sulfide) groups is 1. The minimum atomic E-state index is 0.447.